The van der Waals surface area contributed by atoms with E-state index in [0.29, 0.717) is 6.04 Å². The molecule has 0 aromatic carbocycles. The van der Waals surface area contributed by atoms with Gasteiger partial charge in [0.05, 0.1) is 6.20 Å². The Kier molecular flexibility index (Phi) is 4.10. The van der Waals surface area contributed by atoms with Gasteiger partial charge in [0.2, 0.25) is 0 Å². The molecule has 88 valence electrons. The molecule has 1 atom stereocenters. The summed E-state index contributed by atoms with van der Waals surface area (Å²) in [6, 6.07) is 0.607. The molecule has 0 saturated carbocycles. The second-order valence-corrected chi connectivity index (χ2v) is 4.25. The van der Waals surface area contributed by atoms with E-state index in [1.807, 2.05) is 6.20 Å². The minimum Gasteiger partial charge on any atom is -0.354 e. The molecule has 16 heavy (non-hydrogen) atoms. The molecule has 0 spiro atoms. The average Bonchev–Trinajstić information content (AvgIpc) is 2.38. The molecule has 0 radical (unpaired) electrons. The number of nitrogens with zero attached hydrogens (tertiary/aromatic N) is 3. The zero-order valence-electron chi connectivity index (χ0n) is 9.89. The lowest BCUT2D eigenvalue weighted by Gasteiger charge is -2.30. The Morgan fingerprint density at radius 3 is 3.00 bits per heavy atom. The molecule has 4 heteroatoms. The Morgan fingerprint density at radius 1 is 1.44 bits per heavy atom. The highest BCUT2D eigenvalue weighted by atomic mass is 15.2. The SMILES string of the molecule is CCN(CC1CCCCN1)c1cnccn1. The molecule has 1 aromatic heterocycles. The van der Waals surface area contributed by atoms with E-state index in [1.165, 1.54) is 19.3 Å². The monoisotopic (exact) mass is 220 g/mol. The van der Waals surface area contributed by atoms with Gasteiger partial charge < -0.3 is 10.2 Å². The predicted molar refractivity (Wildman–Crippen MR) is 65.6 cm³/mol. The molecule has 1 fully saturated rings. The number of hydrogen-bond donors (Lipinski definition) is 1. The highest BCUT2D eigenvalue weighted by Crippen LogP contribution is 2.12. The summed E-state index contributed by atoms with van der Waals surface area (Å²) in [5.74, 6) is 0.984. The van der Waals surface area contributed by atoms with E-state index in [2.05, 4.69) is 27.1 Å². The molecule has 1 aromatic rings. The van der Waals surface area contributed by atoms with Crippen LogP contribution in [0.5, 0.6) is 0 Å². The van der Waals surface area contributed by atoms with Crippen molar-refractivity contribution in [3.05, 3.63) is 18.6 Å². The lowest BCUT2D eigenvalue weighted by atomic mass is 10.0. The third-order valence-corrected chi connectivity index (χ3v) is 3.11. The first-order valence-electron chi connectivity index (χ1n) is 6.14. The van der Waals surface area contributed by atoms with Crippen molar-refractivity contribution >= 4 is 5.82 Å². The van der Waals surface area contributed by atoms with Crippen LogP contribution in [0.1, 0.15) is 26.2 Å². The zero-order chi connectivity index (χ0) is 11.2. The van der Waals surface area contributed by atoms with Crippen LogP contribution in [0, 0.1) is 0 Å². The van der Waals surface area contributed by atoms with E-state index in [0.717, 1.165) is 25.5 Å². The Hall–Kier alpha value is -1.16. The van der Waals surface area contributed by atoms with Crippen LogP contribution in [0.4, 0.5) is 5.82 Å². The van der Waals surface area contributed by atoms with Crippen LogP contribution < -0.4 is 10.2 Å². The van der Waals surface area contributed by atoms with Gasteiger partial charge in [-0.3, -0.25) is 4.98 Å². The lowest BCUT2D eigenvalue weighted by molar-refractivity contribution is 0.399. The standard InChI is InChI=1S/C12H20N4/c1-2-16(12-9-13-7-8-15-12)10-11-5-3-4-6-14-11/h7-9,11,14H,2-6,10H2,1H3. The third kappa shape index (κ3) is 2.92. The van der Waals surface area contributed by atoms with Crippen LogP contribution >= 0.6 is 0 Å². The Bertz CT molecular complexity index is 295. The largest absolute Gasteiger partial charge is 0.354 e. The van der Waals surface area contributed by atoms with Crippen molar-refractivity contribution in [1.29, 1.82) is 0 Å². The summed E-state index contributed by atoms with van der Waals surface area (Å²) >= 11 is 0. The quantitative estimate of drug-likeness (QED) is 0.833. The molecule has 2 heterocycles. The first-order chi connectivity index (χ1) is 7.90. The Balaban J connectivity index is 1.94. The molecule has 0 amide bonds. The topological polar surface area (TPSA) is 41.0 Å². The van der Waals surface area contributed by atoms with Gasteiger partial charge >= 0.3 is 0 Å². The van der Waals surface area contributed by atoms with Crippen molar-refractivity contribution in [3.8, 4) is 0 Å². The second kappa shape index (κ2) is 5.80. The first-order valence-corrected chi connectivity index (χ1v) is 6.14. The van der Waals surface area contributed by atoms with Crippen LogP contribution in [0.2, 0.25) is 0 Å². The molecule has 1 saturated heterocycles. The van der Waals surface area contributed by atoms with E-state index >= 15 is 0 Å². The molecule has 4 nitrogen and oxygen atoms in total. The van der Waals surface area contributed by atoms with Crippen LogP contribution in [0.15, 0.2) is 18.6 Å². The fourth-order valence-corrected chi connectivity index (χ4v) is 2.19. The van der Waals surface area contributed by atoms with Gasteiger partial charge in [0, 0.05) is 31.5 Å². The maximum Gasteiger partial charge on any atom is 0.147 e. The summed E-state index contributed by atoms with van der Waals surface area (Å²) in [6.45, 7) is 5.34. The molecule has 1 aliphatic heterocycles. The normalized spacial score (nSPS) is 20.7. The van der Waals surface area contributed by atoms with E-state index in [4.69, 9.17) is 0 Å². The van der Waals surface area contributed by atoms with Crippen molar-refractivity contribution < 1.29 is 0 Å². The number of aromatic nitrogens is 2. The smallest absolute Gasteiger partial charge is 0.147 e. The van der Waals surface area contributed by atoms with E-state index in [9.17, 15) is 0 Å². The molecular formula is C12H20N4. The van der Waals surface area contributed by atoms with Crippen molar-refractivity contribution in [1.82, 2.24) is 15.3 Å². The lowest BCUT2D eigenvalue weighted by Crippen LogP contribution is -2.44. The molecule has 1 N–H and O–H groups in total. The second-order valence-electron chi connectivity index (χ2n) is 4.25. The van der Waals surface area contributed by atoms with Gasteiger partial charge in [-0.1, -0.05) is 6.42 Å². The van der Waals surface area contributed by atoms with Gasteiger partial charge in [0.25, 0.3) is 0 Å². The molecule has 0 bridgehead atoms. The van der Waals surface area contributed by atoms with Crippen molar-refractivity contribution in [3.63, 3.8) is 0 Å². The van der Waals surface area contributed by atoms with Crippen molar-refractivity contribution in [2.24, 2.45) is 0 Å². The van der Waals surface area contributed by atoms with Crippen molar-refractivity contribution in [2.75, 3.05) is 24.5 Å². The number of piperidine rings is 1. The summed E-state index contributed by atoms with van der Waals surface area (Å²) in [4.78, 5) is 10.8. The van der Waals surface area contributed by atoms with Gasteiger partial charge in [-0.15, -0.1) is 0 Å². The number of anilines is 1. The van der Waals surface area contributed by atoms with Crippen LogP contribution in [-0.2, 0) is 0 Å². The average molecular weight is 220 g/mol. The number of rotatable bonds is 4. The minimum absolute atomic E-state index is 0.607. The highest BCUT2D eigenvalue weighted by Gasteiger charge is 2.16. The van der Waals surface area contributed by atoms with E-state index < -0.39 is 0 Å². The van der Waals surface area contributed by atoms with E-state index in [-0.39, 0.29) is 0 Å². The minimum atomic E-state index is 0.607. The fourth-order valence-electron chi connectivity index (χ4n) is 2.19. The summed E-state index contributed by atoms with van der Waals surface area (Å²) < 4.78 is 0. The maximum atomic E-state index is 4.35. The fraction of sp³-hybridized carbons (Fsp3) is 0.667. The number of nitrogens with one attached hydrogen (secondary N) is 1. The van der Waals surface area contributed by atoms with Gasteiger partial charge in [-0.2, -0.15) is 0 Å². The van der Waals surface area contributed by atoms with E-state index in [1.54, 1.807) is 12.4 Å². The summed E-state index contributed by atoms with van der Waals surface area (Å²) in [6.07, 6.45) is 9.25. The van der Waals surface area contributed by atoms with Crippen LogP contribution in [-0.4, -0.2) is 35.6 Å². The molecule has 1 aliphatic rings. The van der Waals surface area contributed by atoms with Gasteiger partial charge in [-0.25, -0.2) is 4.98 Å². The molecule has 1 unspecified atom stereocenters. The maximum absolute atomic E-state index is 4.35. The summed E-state index contributed by atoms with van der Waals surface area (Å²) in [7, 11) is 0. The van der Waals surface area contributed by atoms with Gasteiger partial charge in [0.15, 0.2) is 0 Å². The summed E-state index contributed by atoms with van der Waals surface area (Å²) in [5, 5.41) is 3.56. The van der Waals surface area contributed by atoms with Crippen molar-refractivity contribution in [2.45, 2.75) is 32.2 Å². The number of likely N-dealkylation sites (N-methyl/N-ethyl adjacent to an activating group) is 1. The summed E-state index contributed by atoms with van der Waals surface area (Å²) in [5.41, 5.74) is 0. The van der Waals surface area contributed by atoms with Crippen LogP contribution in [0.3, 0.4) is 0 Å². The molecular weight excluding hydrogens is 200 g/mol. The molecule has 2 rings (SSSR count). The first kappa shape index (κ1) is 11.3. The highest BCUT2D eigenvalue weighted by molar-refractivity contribution is 5.34. The molecule has 0 aliphatic carbocycles. The Labute approximate surface area is 97.1 Å². The Morgan fingerprint density at radius 2 is 2.38 bits per heavy atom. The van der Waals surface area contributed by atoms with Crippen LogP contribution in [0.25, 0.3) is 0 Å². The zero-order valence-corrected chi connectivity index (χ0v) is 9.89. The number of hydrogen-bond acceptors (Lipinski definition) is 4. The van der Waals surface area contributed by atoms with Gasteiger partial charge in [0.1, 0.15) is 5.82 Å². The predicted octanol–water partition coefficient (Wildman–Crippen LogP) is 1.44. The van der Waals surface area contributed by atoms with Gasteiger partial charge in [-0.05, 0) is 26.3 Å². The third-order valence-electron chi connectivity index (χ3n) is 3.11.